The molecular formula is C11H20FN3O3. The SMILES string of the molecule is CC1CC(CN(C)C(=C(F)[N+](=O)[O-])N(C)C)CO1. The minimum atomic E-state index is -1.32. The molecule has 6 nitrogen and oxygen atoms in total. The lowest BCUT2D eigenvalue weighted by Crippen LogP contribution is -2.34. The van der Waals surface area contributed by atoms with Gasteiger partial charge in [-0.1, -0.05) is 0 Å². The van der Waals surface area contributed by atoms with Gasteiger partial charge in [0.2, 0.25) is 5.82 Å². The monoisotopic (exact) mass is 261 g/mol. The summed E-state index contributed by atoms with van der Waals surface area (Å²) in [6, 6.07) is 0. The minimum absolute atomic E-state index is 0.0143. The molecule has 0 N–H and O–H groups in total. The molecule has 1 heterocycles. The zero-order valence-electron chi connectivity index (χ0n) is 11.2. The van der Waals surface area contributed by atoms with Crippen LogP contribution in [-0.2, 0) is 4.74 Å². The molecule has 0 aromatic heterocycles. The smallest absolute Gasteiger partial charge is 0.378 e. The van der Waals surface area contributed by atoms with Gasteiger partial charge >= 0.3 is 5.95 Å². The molecule has 0 amide bonds. The highest BCUT2D eigenvalue weighted by Crippen LogP contribution is 2.22. The maximum absolute atomic E-state index is 13.5. The van der Waals surface area contributed by atoms with E-state index in [0.29, 0.717) is 13.2 Å². The Morgan fingerprint density at radius 3 is 2.50 bits per heavy atom. The Morgan fingerprint density at radius 2 is 2.11 bits per heavy atom. The maximum atomic E-state index is 13.5. The first kappa shape index (κ1) is 14.7. The zero-order valence-corrected chi connectivity index (χ0v) is 11.2. The minimum Gasteiger partial charge on any atom is -0.378 e. The maximum Gasteiger partial charge on any atom is 0.460 e. The quantitative estimate of drug-likeness (QED) is 0.424. The Bertz CT molecular complexity index is 346. The number of ether oxygens (including phenoxy) is 1. The molecule has 0 bridgehead atoms. The second-order valence-corrected chi connectivity index (χ2v) is 4.89. The molecule has 2 atom stereocenters. The van der Waals surface area contributed by atoms with Crippen LogP contribution >= 0.6 is 0 Å². The van der Waals surface area contributed by atoms with Gasteiger partial charge in [-0.25, -0.2) is 0 Å². The Balaban J connectivity index is 2.75. The van der Waals surface area contributed by atoms with Crippen molar-refractivity contribution in [2.24, 2.45) is 5.92 Å². The van der Waals surface area contributed by atoms with Crippen molar-refractivity contribution in [1.82, 2.24) is 9.80 Å². The summed E-state index contributed by atoms with van der Waals surface area (Å²) in [7, 11) is 4.83. The van der Waals surface area contributed by atoms with Gasteiger partial charge in [0.05, 0.1) is 17.6 Å². The van der Waals surface area contributed by atoms with Crippen LogP contribution in [0.1, 0.15) is 13.3 Å². The van der Waals surface area contributed by atoms with Gasteiger partial charge in [-0.15, -0.1) is 4.39 Å². The molecule has 0 aliphatic carbocycles. The Hall–Kier alpha value is -1.37. The molecule has 7 heteroatoms. The first-order valence-corrected chi connectivity index (χ1v) is 5.87. The van der Waals surface area contributed by atoms with Gasteiger partial charge in [0.1, 0.15) is 0 Å². The Morgan fingerprint density at radius 1 is 1.50 bits per heavy atom. The molecular weight excluding hydrogens is 241 g/mol. The zero-order chi connectivity index (χ0) is 13.9. The molecule has 1 aliphatic rings. The number of nitro groups is 1. The summed E-state index contributed by atoms with van der Waals surface area (Å²) in [5.74, 6) is -1.06. The third kappa shape index (κ3) is 3.56. The summed E-state index contributed by atoms with van der Waals surface area (Å²) in [6.07, 6.45) is 1.10. The summed E-state index contributed by atoms with van der Waals surface area (Å²) >= 11 is 0. The van der Waals surface area contributed by atoms with Crippen LogP contribution in [-0.4, -0.2) is 55.1 Å². The van der Waals surface area contributed by atoms with Crippen molar-refractivity contribution >= 4 is 0 Å². The van der Waals surface area contributed by atoms with Gasteiger partial charge in [-0.3, -0.25) is 10.1 Å². The lowest BCUT2D eigenvalue weighted by molar-refractivity contribution is -0.450. The van der Waals surface area contributed by atoms with E-state index in [1.807, 2.05) is 6.92 Å². The number of halogens is 1. The van der Waals surface area contributed by atoms with Gasteiger partial charge in [-0.05, 0) is 13.3 Å². The van der Waals surface area contributed by atoms with Gasteiger partial charge in [0.15, 0.2) is 0 Å². The fourth-order valence-corrected chi connectivity index (χ4v) is 2.27. The van der Waals surface area contributed by atoms with E-state index in [2.05, 4.69) is 0 Å². The molecule has 0 radical (unpaired) electrons. The van der Waals surface area contributed by atoms with E-state index >= 15 is 0 Å². The molecule has 104 valence electrons. The highest BCUT2D eigenvalue weighted by atomic mass is 19.1. The van der Waals surface area contributed by atoms with E-state index in [1.165, 1.54) is 4.90 Å². The largest absolute Gasteiger partial charge is 0.460 e. The predicted octanol–water partition coefficient (Wildman–Crippen LogP) is 1.28. The summed E-state index contributed by atoms with van der Waals surface area (Å²) in [5, 5.41) is 10.5. The highest BCUT2D eigenvalue weighted by molar-refractivity contribution is 4.99. The second kappa shape index (κ2) is 5.99. The topological polar surface area (TPSA) is 58.8 Å². The molecule has 1 fully saturated rings. The average Bonchev–Trinajstić information content (AvgIpc) is 2.63. The van der Waals surface area contributed by atoms with Crippen LogP contribution < -0.4 is 0 Å². The van der Waals surface area contributed by atoms with Crippen LogP contribution in [0.15, 0.2) is 11.8 Å². The molecule has 1 saturated heterocycles. The van der Waals surface area contributed by atoms with Crippen LogP contribution in [0.2, 0.25) is 0 Å². The molecule has 0 spiro atoms. The third-order valence-electron chi connectivity index (χ3n) is 2.94. The van der Waals surface area contributed by atoms with Crippen LogP contribution in [0.3, 0.4) is 0 Å². The van der Waals surface area contributed by atoms with Gasteiger partial charge in [-0.2, -0.15) is 0 Å². The van der Waals surface area contributed by atoms with Crippen molar-refractivity contribution in [3.63, 3.8) is 0 Å². The van der Waals surface area contributed by atoms with E-state index in [1.54, 1.807) is 26.0 Å². The molecule has 2 unspecified atom stereocenters. The van der Waals surface area contributed by atoms with Gasteiger partial charge in [0.25, 0.3) is 0 Å². The highest BCUT2D eigenvalue weighted by Gasteiger charge is 2.28. The molecule has 0 aromatic carbocycles. The number of nitrogens with zero attached hydrogens (tertiary/aromatic N) is 3. The van der Waals surface area contributed by atoms with Crippen molar-refractivity contribution in [1.29, 1.82) is 0 Å². The van der Waals surface area contributed by atoms with Crippen molar-refractivity contribution < 1.29 is 14.1 Å². The second-order valence-electron chi connectivity index (χ2n) is 4.89. The Labute approximate surface area is 106 Å². The van der Waals surface area contributed by atoms with Crippen LogP contribution in [0, 0.1) is 16.0 Å². The molecule has 1 rings (SSSR count). The van der Waals surface area contributed by atoms with Crippen molar-refractivity contribution in [2.45, 2.75) is 19.4 Å². The number of rotatable bonds is 5. The van der Waals surface area contributed by atoms with E-state index in [-0.39, 0.29) is 17.8 Å². The van der Waals surface area contributed by atoms with E-state index in [4.69, 9.17) is 4.74 Å². The van der Waals surface area contributed by atoms with Crippen molar-refractivity contribution in [3.05, 3.63) is 21.9 Å². The number of hydrogen-bond acceptors (Lipinski definition) is 5. The molecule has 0 aromatic rings. The van der Waals surface area contributed by atoms with E-state index in [0.717, 1.165) is 6.42 Å². The summed E-state index contributed by atoms with van der Waals surface area (Å²) in [6.45, 7) is 3.14. The number of hydrogen-bond donors (Lipinski definition) is 0. The van der Waals surface area contributed by atoms with Gasteiger partial charge < -0.3 is 14.5 Å². The molecule has 18 heavy (non-hydrogen) atoms. The van der Waals surface area contributed by atoms with E-state index < -0.39 is 10.9 Å². The normalized spacial score (nSPS) is 24.7. The first-order chi connectivity index (χ1) is 8.32. The van der Waals surface area contributed by atoms with Crippen LogP contribution in [0.5, 0.6) is 0 Å². The van der Waals surface area contributed by atoms with Crippen molar-refractivity contribution in [3.8, 4) is 0 Å². The van der Waals surface area contributed by atoms with Crippen LogP contribution in [0.4, 0.5) is 4.39 Å². The molecule has 1 aliphatic heterocycles. The van der Waals surface area contributed by atoms with Crippen LogP contribution in [0.25, 0.3) is 0 Å². The van der Waals surface area contributed by atoms with Crippen molar-refractivity contribution in [2.75, 3.05) is 34.3 Å². The lowest BCUT2D eigenvalue weighted by Gasteiger charge is -2.27. The Kier molecular flexibility index (Phi) is 4.89. The summed E-state index contributed by atoms with van der Waals surface area (Å²) < 4.78 is 18.9. The summed E-state index contributed by atoms with van der Waals surface area (Å²) in [5.41, 5.74) is 0. The fraction of sp³-hybridized carbons (Fsp3) is 0.818. The van der Waals surface area contributed by atoms with E-state index in [9.17, 15) is 14.5 Å². The fourth-order valence-electron chi connectivity index (χ4n) is 2.27. The lowest BCUT2D eigenvalue weighted by atomic mass is 10.1. The third-order valence-corrected chi connectivity index (χ3v) is 2.94. The first-order valence-electron chi connectivity index (χ1n) is 5.87. The average molecular weight is 261 g/mol. The molecule has 0 saturated carbocycles. The predicted molar refractivity (Wildman–Crippen MR) is 65.0 cm³/mol. The summed E-state index contributed by atoms with van der Waals surface area (Å²) in [4.78, 5) is 12.5. The van der Waals surface area contributed by atoms with Gasteiger partial charge in [0, 0.05) is 33.6 Å². The standard InChI is InChI=1S/C11H20FN3O3/c1-8-5-9(7-18-8)6-14(4)11(13(2)3)10(12)15(16)17/h8-9H,5-7H2,1-4H3.